The molecule has 2 N–H and O–H groups in total. The Labute approximate surface area is 123 Å². The molecule has 1 aromatic carbocycles. The van der Waals surface area contributed by atoms with Crippen LogP contribution in [-0.4, -0.2) is 12.1 Å². The molecular weight excluding hydrogens is 272 g/mol. The minimum Gasteiger partial charge on any atom is -0.497 e. The molecule has 0 aliphatic heterocycles. The van der Waals surface area contributed by atoms with Gasteiger partial charge in [-0.3, -0.25) is 0 Å². The van der Waals surface area contributed by atoms with Crippen LogP contribution in [-0.2, 0) is 12.0 Å². The van der Waals surface area contributed by atoms with Gasteiger partial charge in [0.15, 0.2) is 0 Å². The molecule has 20 heavy (non-hydrogen) atoms. The Morgan fingerprint density at radius 3 is 2.60 bits per heavy atom. The number of rotatable bonds is 4. The Morgan fingerprint density at radius 2 is 2.05 bits per heavy atom. The van der Waals surface area contributed by atoms with Crippen molar-refractivity contribution in [3.63, 3.8) is 0 Å². The van der Waals surface area contributed by atoms with E-state index in [2.05, 4.69) is 31.1 Å². The van der Waals surface area contributed by atoms with Gasteiger partial charge in [-0.15, -0.1) is 11.3 Å². The number of nitrogens with zero attached hydrogens (tertiary/aromatic N) is 1. The van der Waals surface area contributed by atoms with E-state index in [0.29, 0.717) is 18.0 Å². The summed E-state index contributed by atoms with van der Waals surface area (Å²) in [5.41, 5.74) is 7.63. The zero-order valence-electron chi connectivity index (χ0n) is 12.3. The van der Waals surface area contributed by atoms with Gasteiger partial charge >= 0.3 is 0 Å². The lowest BCUT2D eigenvalue weighted by Gasteiger charge is -2.14. The molecule has 4 nitrogen and oxygen atoms in total. The predicted molar refractivity (Wildman–Crippen MR) is 82.6 cm³/mol. The molecule has 108 valence electrons. The number of nitrogens with two attached hydrogens (primary N) is 1. The van der Waals surface area contributed by atoms with Gasteiger partial charge in [0.05, 0.1) is 18.5 Å². The summed E-state index contributed by atoms with van der Waals surface area (Å²) in [5, 5.41) is 3.03. The van der Waals surface area contributed by atoms with Gasteiger partial charge in [-0.1, -0.05) is 20.8 Å². The number of thiazole rings is 1. The van der Waals surface area contributed by atoms with E-state index in [0.717, 1.165) is 16.5 Å². The quantitative estimate of drug-likeness (QED) is 0.875. The van der Waals surface area contributed by atoms with Crippen molar-refractivity contribution in [2.24, 2.45) is 0 Å². The van der Waals surface area contributed by atoms with Crippen LogP contribution in [0.15, 0.2) is 23.6 Å². The van der Waals surface area contributed by atoms with Crippen molar-refractivity contribution in [1.29, 1.82) is 0 Å². The summed E-state index contributed by atoms with van der Waals surface area (Å²) < 4.78 is 10.8. The van der Waals surface area contributed by atoms with E-state index in [4.69, 9.17) is 15.2 Å². The first kappa shape index (κ1) is 14.7. The SMILES string of the molecule is COc1ccc(OCc2nc(C(C)(C)C)cs2)c(N)c1. The zero-order valence-corrected chi connectivity index (χ0v) is 13.1. The summed E-state index contributed by atoms with van der Waals surface area (Å²) in [6.45, 7) is 6.87. The Bertz CT molecular complexity index is 588. The van der Waals surface area contributed by atoms with Gasteiger partial charge in [-0.05, 0) is 12.1 Å². The van der Waals surface area contributed by atoms with Crippen LogP contribution in [0.2, 0.25) is 0 Å². The summed E-state index contributed by atoms with van der Waals surface area (Å²) in [6, 6.07) is 5.39. The maximum atomic E-state index is 5.91. The van der Waals surface area contributed by atoms with E-state index < -0.39 is 0 Å². The fourth-order valence-electron chi connectivity index (χ4n) is 1.65. The van der Waals surface area contributed by atoms with Crippen LogP contribution in [0.3, 0.4) is 0 Å². The summed E-state index contributed by atoms with van der Waals surface area (Å²) in [6.07, 6.45) is 0. The van der Waals surface area contributed by atoms with Crippen LogP contribution >= 0.6 is 11.3 Å². The minimum absolute atomic E-state index is 0.0634. The monoisotopic (exact) mass is 292 g/mol. The van der Waals surface area contributed by atoms with Crippen LogP contribution in [0, 0.1) is 0 Å². The molecule has 0 spiro atoms. The first-order valence-electron chi connectivity index (χ1n) is 6.41. The third-order valence-electron chi connectivity index (χ3n) is 2.89. The van der Waals surface area contributed by atoms with Crippen molar-refractivity contribution in [3.05, 3.63) is 34.3 Å². The van der Waals surface area contributed by atoms with E-state index in [1.807, 2.05) is 12.1 Å². The van der Waals surface area contributed by atoms with Crippen molar-refractivity contribution in [1.82, 2.24) is 4.98 Å². The molecule has 0 fully saturated rings. The van der Waals surface area contributed by atoms with E-state index in [1.165, 1.54) is 0 Å². The Morgan fingerprint density at radius 1 is 1.30 bits per heavy atom. The standard InChI is InChI=1S/C15H20N2O2S/c1-15(2,3)13-9-20-14(17-13)8-19-12-6-5-10(18-4)7-11(12)16/h5-7,9H,8,16H2,1-4H3. The van der Waals surface area contributed by atoms with Crippen LogP contribution in [0.4, 0.5) is 5.69 Å². The number of hydrogen-bond acceptors (Lipinski definition) is 5. The highest BCUT2D eigenvalue weighted by Crippen LogP contribution is 2.28. The normalized spacial score (nSPS) is 11.4. The number of nitrogen functional groups attached to an aromatic ring is 1. The van der Waals surface area contributed by atoms with Crippen molar-refractivity contribution in [3.8, 4) is 11.5 Å². The van der Waals surface area contributed by atoms with Crippen LogP contribution < -0.4 is 15.2 Å². The average Bonchev–Trinajstić information content (AvgIpc) is 2.86. The van der Waals surface area contributed by atoms with Gasteiger partial charge in [0.25, 0.3) is 0 Å². The number of hydrogen-bond donors (Lipinski definition) is 1. The highest BCUT2D eigenvalue weighted by atomic mass is 32.1. The molecule has 5 heteroatoms. The topological polar surface area (TPSA) is 57.4 Å². The third-order valence-corrected chi connectivity index (χ3v) is 3.71. The summed E-state index contributed by atoms with van der Waals surface area (Å²) in [5.74, 6) is 1.37. The molecule has 0 bridgehead atoms. The summed E-state index contributed by atoms with van der Waals surface area (Å²) in [4.78, 5) is 4.59. The average molecular weight is 292 g/mol. The second-order valence-electron chi connectivity index (χ2n) is 5.57. The number of aromatic nitrogens is 1. The lowest BCUT2D eigenvalue weighted by molar-refractivity contribution is 0.306. The second-order valence-corrected chi connectivity index (χ2v) is 6.51. The smallest absolute Gasteiger partial charge is 0.143 e. The van der Waals surface area contributed by atoms with Gasteiger partial charge in [-0.2, -0.15) is 0 Å². The minimum atomic E-state index is 0.0634. The van der Waals surface area contributed by atoms with E-state index >= 15 is 0 Å². The molecule has 0 saturated heterocycles. The fraction of sp³-hybridized carbons (Fsp3) is 0.400. The Hall–Kier alpha value is -1.75. The van der Waals surface area contributed by atoms with Gasteiger partial charge in [0.1, 0.15) is 23.1 Å². The van der Waals surface area contributed by atoms with Gasteiger partial charge < -0.3 is 15.2 Å². The van der Waals surface area contributed by atoms with Gasteiger partial charge in [-0.25, -0.2) is 4.98 Å². The molecule has 0 amide bonds. The molecule has 1 aromatic heterocycles. The fourth-order valence-corrected chi connectivity index (χ4v) is 2.58. The molecule has 0 aliphatic carbocycles. The number of methoxy groups -OCH3 is 1. The van der Waals surface area contributed by atoms with Gasteiger partial charge in [0, 0.05) is 16.9 Å². The van der Waals surface area contributed by atoms with E-state index in [9.17, 15) is 0 Å². The molecular formula is C15H20N2O2S. The van der Waals surface area contributed by atoms with Crippen molar-refractivity contribution in [2.45, 2.75) is 32.8 Å². The molecule has 0 aliphatic rings. The molecule has 0 radical (unpaired) electrons. The number of anilines is 1. The maximum absolute atomic E-state index is 5.91. The van der Waals surface area contributed by atoms with Crippen molar-refractivity contribution < 1.29 is 9.47 Å². The zero-order chi connectivity index (χ0) is 14.8. The Balaban J connectivity index is 2.04. The molecule has 1 heterocycles. The highest BCUT2D eigenvalue weighted by Gasteiger charge is 2.17. The first-order valence-corrected chi connectivity index (χ1v) is 7.29. The van der Waals surface area contributed by atoms with E-state index in [1.54, 1.807) is 24.5 Å². The number of benzene rings is 1. The summed E-state index contributed by atoms with van der Waals surface area (Å²) in [7, 11) is 1.61. The van der Waals surface area contributed by atoms with E-state index in [-0.39, 0.29) is 5.41 Å². The van der Waals surface area contributed by atoms with Crippen LogP contribution in [0.1, 0.15) is 31.5 Å². The predicted octanol–water partition coefficient (Wildman–Crippen LogP) is 3.61. The first-order chi connectivity index (χ1) is 9.40. The van der Waals surface area contributed by atoms with Crippen LogP contribution in [0.5, 0.6) is 11.5 Å². The maximum Gasteiger partial charge on any atom is 0.143 e. The highest BCUT2D eigenvalue weighted by molar-refractivity contribution is 7.09. The molecule has 2 rings (SSSR count). The van der Waals surface area contributed by atoms with Crippen molar-refractivity contribution >= 4 is 17.0 Å². The Kier molecular flexibility index (Phi) is 4.18. The van der Waals surface area contributed by atoms with Crippen molar-refractivity contribution in [2.75, 3.05) is 12.8 Å². The molecule has 0 atom stereocenters. The molecule has 0 saturated carbocycles. The third kappa shape index (κ3) is 3.42. The second kappa shape index (κ2) is 5.71. The lowest BCUT2D eigenvalue weighted by Crippen LogP contribution is -2.11. The largest absolute Gasteiger partial charge is 0.497 e. The van der Waals surface area contributed by atoms with Crippen LogP contribution in [0.25, 0.3) is 0 Å². The lowest BCUT2D eigenvalue weighted by atomic mass is 9.93. The molecule has 2 aromatic rings. The number of ether oxygens (including phenoxy) is 2. The summed E-state index contributed by atoms with van der Waals surface area (Å²) >= 11 is 1.61. The molecule has 0 unspecified atom stereocenters. The van der Waals surface area contributed by atoms with Gasteiger partial charge in [0.2, 0.25) is 0 Å².